The fourth-order valence-corrected chi connectivity index (χ4v) is 0.632. The summed E-state index contributed by atoms with van der Waals surface area (Å²) in [6, 6.07) is 0. The fourth-order valence-electron chi connectivity index (χ4n) is 0.632. The lowest BCUT2D eigenvalue weighted by molar-refractivity contribution is -0.760. The second kappa shape index (κ2) is 5.28. The minimum absolute atomic E-state index is 0.112. The number of hydrogen-bond donors (Lipinski definition) is 0. The Labute approximate surface area is 86.5 Å². The van der Waals surface area contributed by atoms with Crippen molar-refractivity contribution in [2.45, 2.75) is 20.8 Å². The summed E-state index contributed by atoms with van der Waals surface area (Å²) in [7, 11) is 0. The van der Waals surface area contributed by atoms with Gasteiger partial charge in [0.05, 0.1) is 6.61 Å². The number of hydrogen-bond acceptors (Lipinski definition) is 6. The Morgan fingerprint density at radius 3 is 2.27 bits per heavy atom. The van der Waals surface area contributed by atoms with Crippen molar-refractivity contribution >= 4 is 11.8 Å². The lowest BCUT2D eigenvalue weighted by Gasteiger charge is -2.21. The topological polar surface area (TPSA) is 95.7 Å². The Kier molecular flexibility index (Phi) is 4.69. The van der Waals surface area contributed by atoms with Crippen LogP contribution in [-0.4, -0.2) is 30.1 Å². The first kappa shape index (κ1) is 13.3. The Hall–Kier alpha value is -1.66. The van der Waals surface area contributed by atoms with Gasteiger partial charge >= 0.3 is 5.97 Å². The smallest absolute Gasteiger partial charge is 0.374 e. The summed E-state index contributed by atoms with van der Waals surface area (Å²) in [6.45, 7) is 4.00. The van der Waals surface area contributed by atoms with E-state index in [0.717, 1.165) is 6.92 Å². The number of ether oxygens (including phenoxy) is 1. The summed E-state index contributed by atoms with van der Waals surface area (Å²) >= 11 is 0. The van der Waals surface area contributed by atoms with Gasteiger partial charge in [-0.25, -0.2) is 4.79 Å². The van der Waals surface area contributed by atoms with Crippen LogP contribution >= 0.6 is 0 Å². The third kappa shape index (κ3) is 6.42. The molecule has 0 spiro atoms. The third-order valence-electron chi connectivity index (χ3n) is 1.44. The van der Waals surface area contributed by atoms with Gasteiger partial charge in [-0.05, 0) is 0 Å². The average Bonchev–Trinajstić information content (AvgIpc) is 2.11. The van der Waals surface area contributed by atoms with Crippen LogP contribution in [0.25, 0.3) is 0 Å². The van der Waals surface area contributed by atoms with Crippen LogP contribution in [0.1, 0.15) is 20.8 Å². The number of ketones is 1. The molecule has 0 unspecified atom stereocenters. The second-order valence-corrected chi connectivity index (χ2v) is 3.79. The largest absolute Gasteiger partial charge is 0.459 e. The van der Waals surface area contributed by atoms with Gasteiger partial charge in [0, 0.05) is 12.3 Å². The van der Waals surface area contributed by atoms with Crippen LogP contribution in [0, 0.1) is 15.5 Å². The van der Waals surface area contributed by atoms with Crippen molar-refractivity contribution in [1.82, 2.24) is 0 Å². The molecule has 0 saturated heterocycles. The molecule has 0 aromatic carbocycles. The molecule has 0 saturated carbocycles. The number of Topliss-reactive ketones (excluding diaryl/α,β-unsaturated/α-hetero) is 1. The van der Waals surface area contributed by atoms with Gasteiger partial charge in [-0.15, -0.1) is 10.1 Å². The lowest BCUT2D eigenvalue weighted by Crippen LogP contribution is -2.29. The van der Waals surface area contributed by atoms with Crippen LogP contribution < -0.4 is 0 Å². The number of esters is 1. The molecule has 0 rings (SSSR count). The highest BCUT2D eigenvalue weighted by Crippen LogP contribution is 2.15. The summed E-state index contributed by atoms with van der Waals surface area (Å²) in [5, 5.41) is 8.99. The van der Waals surface area contributed by atoms with Crippen LogP contribution in [0.3, 0.4) is 0 Å². The van der Waals surface area contributed by atoms with Gasteiger partial charge in [-0.3, -0.25) is 4.79 Å². The summed E-state index contributed by atoms with van der Waals surface area (Å²) in [6.07, 6.45) is 0. The number of carbonyl (C=O) groups excluding carboxylic acids is 2. The van der Waals surface area contributed by atoms with Gasteiger partial charge < -0.3 is 9.57 Å². The predicted octanol–water partition coefficient (Wildman–Crippen LogP) is 0.353. The van der Waals surface area contributed by atoms with Gasteiger partial charge in [-0.2, -0.15) is 0 Å². The van der Waals surface area contributed by atoms with Crippen molar-refractivity contribution in [3.63, 3.8) is 0 Å². The van der Waals surface area contributed by atoms with E-state index in [4.69, 9.17) is 0 Å². The highest BCUT2D eigenvalue weighted by atomic mass is 16.9. The normalized spacial score (nSPS) is 10.6. The number of carbonyl (C=O) groups is 2. The number of nitrogens with zero attached hydrogens (tertiary/aromatic N) is 1. The first-order valence-electron chi connectivity index (χ1n) is 4.19. The predicted molar refractivity (Wildman–Crippen MR) is 48.4 cm³/mol. The molecule has 0 aliphatic rings. The molecule has 0 aliphatic carbocycles. The van der Waals surface area contributed by atoms with Crippen molar-refractivity contribution < 1.29 is 24.3 Å². The Morgan fingerprint density at radius 2 is 1.87 bits per heavy atom. The molecule has 0 atom stereocenters. The molecule has 0 heterocycles. The highest BCUT2D eigenvalue weighted by Gasteiger charge is 2.23. The maximum Gasteiger partial charge on any atom is 0.374 e. The van der Waals surface area contributed by atoms with Crippen LogP contribution in [0.2, 0.25) is 0 Å². The monoisotopic (exact) mass is 219 g/mol. The van der Waals surface area contributed by atoms with E-state index < -0.39 is 22.3 Å². The van der Waals surface area contributed by atoms with E-state index in [1.54, 1.807) is 13.8 Å². The average molecular weight is 219 g/mol. The zero-order chi connectivity index (χ0) is 12.1. The summed E-state index contributed by atoms with van der Waals surface area (Å²) in [4.78, 5) is 35.4. The lowest BCUT2D eigenvalue weighted by atomic mass is 9.96. The molecule has 15 heavy (non-hydrogen) atoms. The van der Waals surface area contributed by atoms with Gasteiger partial charge in [0.25, 0.3) is 5.09 Å². The first-order valence-corrected chi connectivity index (χ1v) is 4.19. The molecule has 0 aromatic rings. The maximum atomic E-state index is 10.8. The minimum Gasteiger partial charge on any atom is -0.459 e. The minimum atomic E-state index is -0.954. The molecule has 0 amide bonds. The molecule has 0 fully saturated rings. The Morgan fingerprint density at radius 1 is 1.33 bits per heavy atom. The van der Waals surface area contributed by atoms with Gasteiger partial charge in [-0.1, -0.05) is 13.8 Å². The molecule has 0 N–H and O–H groups in total. The zero-order valence-corrected chi connectivity index (χ0v) is 8.81. The van der Waals surface area contributed by atoms with Gasteiger partial charge in [0.15, 0.2) is 0 Å². The molecular weight excluding hydrogens is 206 g/mol. The van der Waals surface area contributed by atoms with Crippen LogP contribution in [0.4, 0.5) is 0 Å². The Balaban J connectivity index is 3.98. The van der Waals surface area contributed by atoms with Crippen molar-refractivity contribution in [3.05, 3.63) is 10.1 Å². The van der Waals surface area contributed by atoms with Crippen LogP contribution in [-0.2, 0) is 19.2 Å². The van der Waals surface area contributed by atoms with E-state index >= 15 is 0 Å². The molecule has 0 radical (unpaired) electrons. The van der Waals surface area contributed by atoms with E-state index in [1.165, 1.54) is 0 Å². The highest BCUT2D eigenvalue weighted by molar-refractivity contribution is 6.32. The van der Waals surface area contributed by atoms with Crippen molar-refractivity contribution in [3.8, 4) is 0 Å². The molecular formula is C8H13NO6. The second-order valence-electron chi connectivity index (χ2n) is 3.79. The van der Waals surface area contributed by atoms with Gasteiger partial charge in [0.1, 0.15) is 6.61 Å². The molecule has 7 heteroatoms. The SMILES string of the molecule is CC(=O)C(=O)OCC(C)(C)CO[N+](=O)[O-]. The third-order valence-corrected chi connectivity index (χ3v) is 1.44. The van der Waals surface area contributed by atoms with E-state index in [-0.39, 0.29) is 13.2 Å². The van der Waals surface area contributed by atoms with E-state index in [2.05, 4.69) is 9.57 Å². The molecule has 86 valence electrons. The molecule has 0 aliphatic heterocycles. The van der Waals surface area contributed by atoms with E-state index in [1.807, 2.05) is 0 Å². The van der Waals surface area contributed by atoms with Gasteiger partial charge in [0.2, 0.25) is 5.78 Å². The van der Waals surface area contributed by atoms with Crippen molar-refractivity contribution in [2.24, 2.45) is 5.41 Å². The molecule has 0 aromatic heterocycles. The van der Waals surface area contributed by atoms with E-state index in [0.29, 0.717) is 0 Å². The standard InChI is InChI=1S/C8H13NO6/c1-6(10)7(11)14-4-8(2,3)5-15-9(12)13/h4-5H2,1-3H3. The summed E-state index contributed by atoms with van der Waals surface area (Å²) < 4.78 is 4.61. The maximum absolute atomic E-state index is 10.8. The van der Waals surface area contributed by atoms with Crippen molar-refractivity contribution in [1.29, 1.82) is 0 Å². The summed E-state index contributed by atoms with van der Waals surface area (Å²) in [5.74, 6) is -1.66. The summed E-state index contributed by atoms with van der Waals surface area (Å²) in [5.41, 5.74) is -0.710. The van der Waals surface area contributed by atoms with Crippen molar-refractivity contribution in [2.75, 3.05) is 13.2 Å². The van der Waals surface area contributed by atoms with Crippen LogP contribution in [0.15, 0.2) is 0 Å². The quantitative estimate of drug-likeness (QED) is 0.277. The van der Waals surface area contributed by atoms with Crippen LogP contribution in [0.5, 0.6) is 0 Å². The zero-order valence-electron chi connectivity index (χ0n) is 8.81. The number of rotatable bonds is 6. The first-order chi connectivity index (χ1) is 6.74. The Bertz CT molecular complexity index is 272. The fraction of sp³-hybridized carbons (Fsp3) is 0.750. The van der Waals surface area contributed by atoms with E-state index in [9.17, 15) is 19.7 Å². The molecule has 7 nitrogen and oxygen atoms in total. The molecule has 0 bridgehead atoms.